The van der Waals surface area contributed by atoms with Crippen molar-refractivity contribution in [1.82, 2.24) is 24.5 Å². The third kappa shape index (κ3) is 5.30. The fraction of sp³-hybridized carbons (Fsp3) is 0.458. The molecule has 3 heterocycles. The molecule has 174 valence electrons. The van der Waals surface area contributed by atoms with Crippen LogP contribution in [0.3, 0.4) is 0 Å². The number of nitrogens with zero attached hydrogens (tertiary/aromatic N) is 5. The summed E-state index contributed by atoms with van der Waals surface area (Å²) in [5.74, 6) is 0.222. The molecular weight excluding hydrogens is 418 g/mol. The summed E-state index contributed by atoms with van der Waals surface area (Å²) >= 11 is 0. The average molecular weight is 450 g/mol. The fourth-order valence-electron chi connectivity index (χ4n) is 4.47. The van der Waals surface area contributed by atoms with Crippen LogP contribution >= 0.6 is 0 Å². The molecule has 0 atom stereocenters. The average Bonchev–Trinajstić information content (AvgIpc) is 3.23. The predicted molar refractivity (Wildman–Crippen MR) is 127 cm³/mol. The van der Waals surface area contributed by atoms with Crippen LogP contribution in [0.5, 0.6) is 0 Å². The monoisotopic (exact) mass is 449 g/mol. The van der Waals surface area contributed by atoms with Gasteiger partial charge in [-0.3, -0.25) is 14.6 Å². The van der Waals surface area contributed by atoms with Crippen molar-refractivity contribution in [2.24, 2.45) is 18.7 Å². The topological polar surface area (TPSA) is 121 Å². The summed E-state index contributed by atoms with van der Waals surface area (Å²) in [7, 11) is 1.78. The Hall–Kier alpha value is -3.49. The van der Waals surface area contributed by atoms with Gasteiger partial charge in [0.2, 0.25) is 0 Å². The standard InChI is InChI=1S/C24H31N7O2/c1-15(2)13-31-14-18(22-12-27-30(3)29-22)10-21(24(31)33)28-19-7-4-16(5-8-19)17-6-9-20(23(25)32)26-11-17/h6,9-12,14-16,19,28H,4-5,7-8,13H2,1-3H3,(H2,25,32). The van der Waals surface area contributed by atoms with Crippen molar-refractivity contribution >= 4 is 11.6 Å². The van der Waals surface area contributed by atoms with Gasteiger partial charge in [0, 0.05) is 37.6 Å². The highest BCUT2D eigenvalue weighted by atomic mass is 16.1. The van der Waals surface area contributed by atoms with Crippen molar-refractivity contribution in [1.29, 1.82) is 0 Å². The first-order chi connectivity index (χ1) is 15.8. The summed E-state index contributed by atoms with van der Waals surface area (Å²) in [4.78, 5) is 30.1. The van der Waals surface area contributed by atoms with E-state index in [4.69, 9.17) is 5.73 Å². The van der Waals surface area contributed by atoms with Crippen LogP contribution in [-0.2, 0) is 13.6 Å². The minimum atomic E-state index is -0.513. The maximum absolute atomic E-state index is 13.2. The Bertz CT molecular complexity index is 1170. The van der Waals surface area contributed by atoms with Gasteiger partial charge in [0.05, 0.1) is 6.20 Å². The zero-order valence-electron chi connectivity index (χ0n) is 19.4. The minimum Gasteiger partial charge on any atom is -0.378 e. The quantitative estimate of drug-likeness (QED) is 0.572. The molecule has 4 rings (SSSR count). The summed E-state index contributed by atoms with van der Waals surface area (Å²) in [5.41, 5.74) is 8.92. The lowest BCUT2D eigenvalue weighted by Crippen LogP contribution is -2.31. The number of hydrogen-bond acceptors (Lipinski definition) is 6. The van der Waals surface area contributed by atoms with E-state index in [9.17, 15) is 9.59 Å². The second-order valence-electron chi connectivity index (χ2n) is 9.25. The van der Waals surface area contributed by atoms with E-state index in [2.05, 4.69) is 34.3 Å². The van der Waals surface area contributed by atoms with Crippen molar-refractivity contribution in [3.63, 3.8) is 0 Å². The fourth-order valence-corrected chi connectivity index (χ4v) is 4.47. The number of aromatic nitrogens is 5. The van der Waals surface area contributed by atoms with Crippen molar-refractivity contribution in [3.05, 3.63) is 58.4 Å². The number of nitrogens with two attached hydrogens (primary N) is 1. The molecule has 0 saturated heterocycles. The third-order valence-corrected chi connectivity index (χ3v) is 6.14. The van der Waals surface area contributed by atoms with Gasteiger partial charge in [-0.1, -0.05) is 19.9 Å². The molecule has 0 aromatic carbocycles. The van der Waals surface area contributed by atoms with Gasteiger partial charge in [-0.2, -0.15) is 15.0 Å². The van der Waals surface area contributed by atoms with Crippen molar-refractivity contribution < 1.29 is 4.79 Å². The second kappa shape index (κ2) is 9.56. The summed E-state index contributed by atoms with van der Waals surface area (Å²) < 4.78 is 1.77. The molecule has 0 spiro atoms. The van der Waals surface area contributed by atoms with E-state index in [0.29, 0.717) is 24.1 Å². The summed E-state index contributed by atoms with van der Waals surface area (Å²) in [6, 6.07) is 5.75. The number of carbonyl (C=O) groups excluding carboxylic acids is 1. The van der Waals surface area contributed by atoms with Crippen molar-refractivity contribution in [3.8, 4) is 11.3 Å². The number of hydrogen-bond donors (Lipinski definition) is 2. The van der Waals surface area contributed by atoms with Crippen LogP contribution in [0, 0.1) is 5.92 Å². The van der Waals surface area contributed by atoms with Gasteiger partial charge in [-0.05, 0) is 55.2 Å². The van der Waals surface area contributed by atoms with Gasteiger partial charge in [0.1, 0.15) is 17.1 Å². The number of carbonyl (C=O) groups is 1. The first kappa shape index (κ1) is 22.7. The molecule has 9 heteroatoms. The Morgan fingerprint density at radius 2 is 1.97 bits per heavy atom. The van der Waals surface area contributed by atoms with Gasteiger partial charge >= 0.3 is 0 Å². The molecule has 33 heavy (non-hydrogen) atoms. The number of amides is 1. The Labute approximate surface area is 193 Å². The van der Waals surface area contributed by atoms with Gasteiger partial charge < -0.3 is 15.6 Å². The van der Waals surface area contributed by atoms with E-state index >= 15 is 0 Å². The second-order valence-corrected chi connectivity index (χ2v) is 9.25. The number of rotatable bonds is 7. The molecule has 0 bridgehead atoms. The summed E-state index contributed by atoms with van der Waals surface area (Å²) in [6.07, 6.45) is 9.21. The van der Waals surface area contributed by atoms with Crippen LogP contribution in [0.2, 0.25) is 0 Å². The Morgan fingerprint density at radius 3 is 2.55 bits per heavy atom. The number of pyridine rings is 2. The molecule has 0 unspecified atom stereocenters. The van der Waals surface area contributed by atoms with Crippen LogP contribution in [0.15, 0.2) is 41.6 Å². The molecule has 0 radical (unpaired) electrons. The van der Waals surface area contributed by atoms with E-state index in [1.165, 1.54) is 4.80 Å². The van der Waals surface area contributed by atoms with Crippen LogP contribution in [0.1, 0.15) is 61.5 Å². The van der Waals surface area contributed by atoms with Crippen LogP contribution in [0.4, 0.5) is 5.69 Å². The normalized spacial score (nSPS) is 18.4. The molecule has 3 aromatic heterocycles. The number of aryl methyl sites for hydroxylation is 1. The molecule has 1 saturated carbocycles. The van der Waals surface area contributed by atoms with Gasteiger partial charge in [-0.25, -0.2) is 0 Å². The van der Waals surface area contributed by atoms with Gasteiger partial charge in [0.15, 0.2) is 0 Å². The van der Waals surface area contributed by atoms with E-state index in [1.807, 2.05) is 18.3 Å². The zero-order chi connectivity index (χ0) is 23.5. The molecule has 9 nitrogen and oxygen atoms in total. The Morgan fingerprint density at radius 1 is 1.21 bits per heavy atom. The lowest BCUT2D eigenvalue weighted by Gasteiger charge is -2.30. The van der Waals surface area contributed by atoms with Gasteiger partial charge in [-0.15, -0.1) is 0 Å². The number of nitrogens with one attached hydrogen (secondary N) is 1. The SMILES string of the molecule is CC(C)Cn1cc(-c2cnn(C)n2)cc(NC2CCC(c3ccc(C(N)=O)nc3)CC2)c1=O. The molecule has 3 aromatic rings. The van der Waals surface area contributed by atoms with Crippen molar-refractivity contribution in [2.45, 2.75) is 58.0 Å². The van der Waals surface area contributed by atoms with Crippen LogP contribution in [0.25, 0.3) is 11.3 Å². The smallest absolute Gasteiger partial charge is 0.273 e. The maximum Gasteiger partial charge on any atom is 0.273 e. The van der Waals surface area contributed by atoms with Gasteiger partial charge in [0.25, 0.3) is 11.5 Å². The Balaban J connectivity index is 1.49. The minimum absolute atomic E-state index is 0.00953. The summed E-state index contributed by atoms with van der Waals surface area (Å²) in [5, 5.41) is 12.1. The van der Waals surface area contributed by atoms with E-state index in [-0.39, 0.29) is 17.3 Å². The van der Waals surface area contributed by atoms with Crippen molar-refractivity contribution in [2.75, 3.05) is 5.32 Å². The molecule has 1 aliphatic rings. The molecule has 1 amide bonds. The lowest BCUT2D eigenvalue weighted by molar-refractivity contribution is 0.0995. The molecule has 0 aliphatic heterocycles. The Kier molecular flexibility index (Phi) is 6.57. The highest BCUT2D eigenvalue weighted by molar-refractivity contribution is 5.90. The summed E-state index contributed by atoms with van der Waals surface area (Å²) in [6.45, 7) is 4.84. The third-order valence-electron chi connectivity index (χ3n) is 6.14. The first-order valence-corrected chi connectivity index (χ1v) is 11.4. The predicted octanol–water partition coefficient (Wildman–Crippen LogP) is 2.93. The number of anilines is 1. The molecule has 1 fully saturated rings. The van der Waals surface area contributed by atoms with E-state index in [0.717, 1.165) is 42.5 Å². The number of primary amides is 1. The molecular formula is C24H31N7O2. The lowest BCUT2D eigenvalue weighted by atomic mass is 9.82. The van der Waals surface area contributed by atoms with Crippen LogP contribution in [-0.4, -0.2) is 36.5 Å². The molecule has 3 N–H and O–H groups in total. The maximum atomic E-state index is 13.2. The van der Waals surface area contributed by atoms with E-state index in [1.54, 1.807) is 30.1 Å². The van der Waals surface area contributed by atoms with E-state index < -0.39 is 5.91 Å². The van der Waals surface area contributed by atoms with Crippen LogP contribution < -0.4 is 16.6 Å². The zero-order valence-corrected chi connectivity index (χ0v) is 19.4. The first-order valence-electron chi connectivity index (χ1n) is 11.4. The highest BCUT2D eigenvalue weighted by Crippen LogP contribution is 2.33. The molecule has 1 aliphatic carbocycles. The highest BCUT2D eigenvalue weighted by Gasteiger charge is 2.24. The largest absolute Gasteiger partial charge is 0.378 e.